The van der Waals surface area contributed by atoms with Gasteiger partial charge in [0.1, 0.15) is 11.5 Å². The van der Waals surface area contributed by atoms with Gasteiger partial charge in [0.05, 0.1) is 6.61 Å². The van der Waals surface area contributed by atoms with Crippen molar-refractivity contribution < 1.29 is 37.9 Å². The van der Waals surface area contributed by atoms with Gasteiger partial charge in [-0.1, -0.05) is 73.9 Å². The molecule has 39 heavy (non-hydrogen) atoms. The molecule has 1 unspecified atom stereocenters. The fourth-order valence-electron chi connectivity index (χ4n) is 4.74. The fourth-order valence-corrected chi connectivity index (χ4v) is 5.32. The highest BCUT2D eigenvalue weighted by Crippen LogP contribution is 2.47. The number of carbonyl (C=O) groups excluding carboxylic acids is 1. The lowest BCUT2D eigenvalue weighted by atomic mass is 9.73. The van der Waals surface area contributed by atoms with Crippen molar-refractivity contribution in [1.82, 2.24) is 0 Å². The molecular formula is C30H39O8P. The van der Waals surface area contributed by atoms with Gasteiger partial charge < -0.3 is 19.5 Å². The Balaban J connectivity index is 1.73. The molecular weight excluding hydrogens is 519 g/mol. The Bertz CT molecular complexity index is 1210. The zero-order valence-corrected chi connectivity index (χ0v) is 23.8. The van der Waals surface area contributed by atoms with Crippen LogP contribution in [-0.4, -0.2) is 22.9 Å². The lowest BCUT2D eigenvalue weighted by Crippen LogP contribution is -2.20. The summed E-state index contributed by atoms with van der Waals surface area (Å²) in [6, 6.07) is 12.3. The molecule has 0 spiro atoms. The third-order valence-corrected chi connectivity index (χ3v) is 7.67. The highest BCUT2D eigenvalue weighted by Gasteiger charge is 2.31. The molecule has 0 amide bonds. The Labute approximate surface area is 230 Å². The van der Waals surface area contributed by atoms with Crippen molar-refractivity contribution in [2.24, 2.45) is 5.92 Å². The van der Waals surface area contributed by atoms with Gasteiger partial charge in [0.15, 0.2) is 0 Å². The number of unbranched alkanes of at least 4 members (excludes halogenated alkanes) is 2. The van der Waals surface area contributed by atoms with E-state index in [-0.39, 0.29) is 29.9 Å². The van der Waals surface area contributed by atoms with Gasteiger partial charge in [-0.05, 0) is 68.7 Å². The standard InChI is InChI=1S/C30H39O8P/c1-5-6-8-13-24-17-27(31)29(26-16-22(4)14-15-25(26)21(2)3)28(18-24)38-30(32)35-20-37-39(33,34)36-19-23-11-9-7-10-12-23/h7,9-12,16-18,25-26,31H,2,5-6,8,13-15,19-20H2,1,3-4H3,(H,33,34)/t25-,26+/m0/s1. The van der Waals surface area contributed by atoms with Gasteiger partial charge in [-0.2, -0.15) is 0 Å². The van der Waals surface area contributed by atoms with E-state index in [1.54, 1.807) is 36.4 Å². The molecule has 0 saturated carbocycles. The zero-order valence-electron chi connectivity index (χ0n) is 22.9. The van der Waals surface area contributed by atoms with Gasteiger partial charge in [-0.15, -0.1) is 0 Å². The van der Waals surface area contributed by atoms with E-state index in [0.29, 0.717) is 17.5 Å². The van der Waals surface area contributed by atoms with Crippen molar-refractivity contribution in [3.8, 4) is 11.5 Å². The summed E-state index contributed by atoms with van der Waals surface area (Å²) < 4.78 is 32.4. The van der Waals surface area contributed by atoms with E-state index >= 15 is 0 Å². The van der Waals surface area contributed by atoms with E-state index in [1.807, 2.05) is 19.9 Å². The second kappa shape index (κ2) is 14.5. The molecule has 3 rings (SSSR count). The first-order valence-electron chi connectivity index (χ1n) is 13.3. The molecule has 0 aromatic heterocycles. The quantitative estimate of drug-likeness (QED) is 0.0636. The van der Waals surface area contributed by atoms with Crippen LogP contribution in [0, 0.1) is 5.92 Å². The third-order valence-electron chi connectivity index (χ3n) is 6.79. The Morgan fingerprint density at radius 2 is 1.87 bits per heavy atom. The average molecular weight is 559 g/mol. The van der Waals surface area contributed by atoms with Crippen molar-refractivity contribution in [3.63, 3.8) is 0 Å². The number of allylic oxidation sites excluding steroid dienone is 3. The van der Waals surface area contributed by atoms with Crippen LogP contribution in [-0.2, 0) is 31.4 Å². The van der Waals surface area contributed by atoms with Crippen LogP contribution in [0.2, 0.25) is 0 Å². The van der Waals surface area contributed by atoms with Crippen LogP contribution in [0.5, 0.6) is 11.5 Å². The van der Waals surface area contributed by atoms with E-state index in [0.717, 1.165) is 43.2 Å². The number of hydrogen-bond acceptors (Lipinski definition) is 7. The fraction of sp³-hybridized carbons (Fsp3) is 0.433. The largest absolute Gasteiger partial charge is 0.516 e. The minimum atomic E-state index is -4.48. The van der Waals surface area contributed by atoms with E-state index in [4.69, 9.17) is 18.5 Å². The SMILES string of the molecule is C=C(C)[C@@H]1CCC(C)=C[C@H]1c1c(O)cc(CCCCC)cc1OC(=O)OCOP(=O)(O)OCc1ccccc1. The smallest absolute Gasteiger partial charge is 0.507 e. The summed E-state index contributed by atoms with van der Waals surface area (Å²) >= 11 is 0. The van der Waals surface area contributed by atoms with Crippen molar-refractivity contribution in [1.29, 1.82) is 0 Å². The number of phosphoric acid groups is 1. The van der Waals surface area contributed by atoms with Gasteiger partial charge in [-0.3, -0.25) is 4.52 Å². The molecule has 9 heteroatoms. The van der Waals surface area contributed by atoms with Crippen molar-refractivity contribution in [3.05, 3.63) is 83.0 Å². The maximum Gasteiger partial charge on any atom is 0.516 e. The molecule has 1 aliphatic carbocycles. The van der Waals surface area contributed by atoms with Crippen LogP contribution in [0.1, 0.15) is 75.5 Å². The number of phenols is 1. The number of phosphoric ester groups is 1. The summed E-state index contributed by atoms with van der Waals surface area (Å²) in [4.78, 5) is 22.5. The summed E-state index contributed by atoms with van der Waals surface area (Å²) in [5.41, 5.74) is 4.16. The first-order chi connectivity index (χ1) is 18.6. The maximum absolute atomic E-state index is 12.6. The van der Waals surface area contributed by atoms with Crippen LogP contribution < -0.4 is 4.74 Å². The predicted octanol–water partition coefficient (Wildman–Crippen LogP) is 7.95. The number of hydrogen-bond donors (Lipinski definition) is 2. The Morgan fingerprint density at radius 1 is 1.13 bits per heavy atom. The minimum absolute atomic E-state index is 0.0411. The highest BCUT2D eigenvalue weighted by atomic mass is 31.2. The van der Waals surface area contributed by atoms with Crippen molar-refractivity contribution in [2.45, 2.75) is 71.8 Å². The molecule has 0 fully saturated rings. The first-order valence-corrected chi connectivity index (χ1v) is 14.8. The van der Waals surface area contributed by atoms with Crippen LogP contribution in [0.15, 0.2) is 66.3 Å². The monoisotopic (exact) mass is 558 g/mol. The van der Waals surface area contributed by atoms with E-state index in [2.05, 4.69) is 19.6 Å². The molecule has 0 heterocycles. The molecule has 0 radical (unpaired) electrons. The topological polar surface area (TPSA) is 112 Å². The lowest BCUT2D eigenvalue weighted by molar-refractivity contribution is 0.00957. The Kier molecular flexibility index (Phi) is 11.4. The molecule has 212 valence electrons. The molecule has 1 aliphatic rings. The molecule has 0 aliphatic heterocycles. The van der Waals surface area contributed by atoms with E-state index < -0.39 is 20.8 Å². The number of carbonyl (C=O) groups is 1. The van der Waals surface area contributed by atoms with Crippen LogP contribution >= 0.6 is 7.82 Å². The number of aromatic hydroxyl groups is 1. The summed E-state index contributed by atoms with van der Waals surface area (Å²) in [6.45, 7) is 9.25. The number of rotatable bonds is 13. The molecule has 8 nitrogen and oxygen atoms in total. The van der Waals surface area contributed by atoms with Crippen molar-refractivity contribution in [2.75, 3.05) is 6.79 Å². The van der Waals surface area contributed by atoms with E-state index in [9.17, 15) is 19.4 Å². The highest BCUT2D eigenvalue weighted by molar-refractivity contribution is 7.47. The second-order valence-corrected chi connectivity index (χ2v) is 11.4. The van der Waals surface area contributed by atoms with Gasteiger partial charge in [0.2, 0.25) is 6.79 Å². The first kappa shape index (κ1) is 30.6. The summed E-state index contributed by atoms with van der Waals surface area (Å²) in [5.74, 6) is 0.0546. The zero-order chi connectivity index (χ0) is 28.4. The van der Waals surface area contributed by atoms with Crippen molar-refractivity contribution >= 4 is 14.0 Å². The summed E-state index contributed by atoms with van der Waals surface area (Å²) in [6.07, 6.45) is 6.48. The molecule has 2 aromatic carbocycles. The number of aryl methyl sites for hydroxylation is 1. The van der Waals surface area contributed by atoms with Gasteiger partial charge in [0.25, 0.3) is 0 Å². The Morgan fingerprint density at radius 3 is 2.56 bits per heavy atom. The average Bonchev–Trinajstić information content (AvgIpc) is 2.88. The van der Waals surface area contributed by atoms with E-state index in [1.165, 1.54) is 5.57 Å². The molecule has 2 aromatic rings. The van der Waals surface area contributed by atoms with Crippen LogP contribution in [0.3, 0.4) is 0 Å². The Hall–Kier alpha value is -2.90. The minimum Gasteiger partial charge on any atom is -0.507 e. The maximum atomic E-state index is 12.6. The summed E-state index contributed by atoms with van der Waals surface area (Å²) in [5, 5.41) is 11.1. The molecule has 3 atom stereocenters. The van der Waals surface area contributed by atoms with Gasteiger partial charge in [-0.25, -0.2) is 13.9 Å². The predicted molar refractivity (Wildman–Crippen MR) is 149 cm³/mol. The van der Waals surface area contributed by atoms with Crippen LogP contribution in [0.4, 0.5) is 4.79 Å². The number of phenolic OH excluding ortho intramolecular Hbond substituents is 1. The molecule has 0 saturated heterocycles. The van der Waals surface area contributed by atoms with Gasteiger partial charge in [0, 0.05) is 11.5 Å². The number of ether oxygens (including phenoxy) is 2. The second-order valence-electron chi connectivity index (χ2n) is 9.99. The molecule has 2 N–H and O–H groups in total. The normalized spacial score (nSPS) is 18.6. The third kappa shape index (κ3) is 9.36. The summed E-state index contributed by atoms with van der Waals surface area (Å²) in [7, 11) is -4.48. The van der Waals surface area contributed by atoms with Gasteiger partial charge >= 0.3 is 14.0 Å². The van der Waals surface area contributed by atoms with Crippen LogP contribution in [0.25, 0.3) is 0 Å². The lowest BCUT2D eigenvalue weighted by Gasteiger charge is -2.32. The number of benzene rings is 2. The molecule has 0 bridgehead atoms.